The average molecular weight is 154 g/mol. The molecule has 1 rings (SSSR count). The number of hydrogen-bond acceptors (Lipinski definition) is 4. The fraction of sp³-hybridized carbons (Fsp3) is 0. The van der Waals surface area contributed by atoms with Gasteiger partial charge in [-0.15, -0.1) is 0 Å². The Bertz CT molecular complexity index is 309. The number of nitrogen functional groups attached to an aromatic ring is 1. The molecule has 0 aromatic carbocycles. The van der Waals surface area contributed by atoms with E-state index in [1.165, 1.54) is 12.3 Å². The third kappa shape index (κ3) is 1.60. The molecule has 1 heterocycles. The van der Waals surface area contributed by atoms with E-state index in [1.54, 1.807) is 0 Å². The second kappa shape index (κ2) is 2.77. The summed E-state index contributed by atoms with van der Waals surface area (Å²) in [5, 5.41) is 17.2. The molecule has 0 unspecified atom stereocenters. The molecule has 0 aliphatic heterocycles. The first-order valence-corrected chi connectivity index (χ1v) is 2.95. The summed E-state index contributed by atoms with van der Waals surface area (Å²) in [6.07, 6.45) is 1.20. The van der Waals surface area contributed by atoms with Gasteiger partial charge in [-0.3, -0.25) is 4.79 Å². The van der Waals surface area contributed by atoms with Crippen molar-refractivity contribution >= 4 is 18.3 Å². The highest BCUT2D eigenvalue weighted by Gasteiger charge is 2.11. The lowest BCUT2D eigenvalue weighted by molar-refractivity contribution is 0.425. The summed E-state index contributed by atoms with van der Waals surface area (Å²) >= 11 is 0. The molecule has 0 spiro atoms. The zero-order chi connectivity index (χ0) is 8.43. The molecule has 1 aromatic rings. The van der Waals surface area contributed by atoms with Crippen LogP contribution in [0.2, 0.25) is 0 Å². The molecule has 0 amide bonds. The van der Waals surface area contributed by atoms with Crippen molar-refractivity contribution < 1.29 is 10.0 Å². The van der Waals surface area contributed by atoms with Gasteiger partial charge >= 0.3 is 7.12 Å². The van der Waals surface area contributed by atoms with E-state index in [2.05, 4.69) is 4.98 Å². The van der Waals surface area contributed by atoms with Crippen molar-refractivity contribution in [3.63, 3.8) is 0 Å². The number of rotatable bonds is 1. The zero-order valence-corrected chi connectivity index (χ0v) is 5.61. The van der Waals surface area contributed by atoms with E-state index in [4.69, 9.17) is 15.8 Å². The average Bonchev–Trinajstić information content (AvgIpc) is 1.94. The first-order valence-electron chi connectivity index (χ1n) is 2.95. The molecule has 5 nitrogen and oxygen atoms in total. The molecule has 0 saturated carbocycles. The van der Waals surface area contributed by atoms with Gasteiger partial charge < -0.3 is 20.8 Å². The first-order chi connectivity index (χ1) is 5.11. The maximum atomic E-state index is 10.6. The second-order valence-corrected chi connectivity index (χ2v) is 2.09. The fourth-order valence-corrected chi connectivity index (χ4v) is 0.668. The predicted octanol–water partition coefficient (Wildman–Crippen LogP) is -2.36. The van der Waals surface area contributed by atoms with Gasteiger partial charge in [-0.25, -0.2) is 0 Å². The highest BCUT2D eigenvalue weighted by molar-refractivity contribution is 6.58. The number of pyridine rings is 1. The van der Waals surface area contributed by atoms with Crippen molar-refractivity contribution in [2.75, 3.05) is 5.73 Å². The van der Waals surface area contributed by atoms with Crippen molar-refractivity contribution in [1.29, 1.82) is 0 Å². The number of anilines is 1. The molecule has 11 heavy (non-hydrogen) atoms. The van der Waals surface area contributed by atoms with Crippen LogP contribution in [0.15, 0.2) is 17.1 Å². The molecule has 0 fully saturated rings. The Labute approximate surface area is 62.6 Å². The Balaban J connectivity index is 3.15. The van der Waals surface area contributed by atoms with Gasteiger partial charge in [0.1, 0.15) is 0 Å². The van der Waals surface area contributed by atoms with Gasteiger partial charge in [0.15, 0.2) is 0 Å². The van der Waals surface area contributed by atoms with E-state index in [0.717, 1.165) is 0 Å². The molecule has 6 heteroatoms. The second-order valence-electron chi connectivity index (χ2n) is 2.09. The van der Waals surface area contributed by atoms with Crippen LogP contribution in [0.3, 0.4) is 0 Å². The summed E-state index contributed by atoms with van der Waals surface area (Å²) in [5.74, 6) is 0. The summed E-state index contributed by atoms with van der Waals surface area (Å²) in [5.41, 5.74) is 4.89. The molecule has 5 N–H and O–H groups in total. The van der Waals surface area contributed by atoms with Crippen LogP contribution in [-0.2, 0) is 0 Å². The molecular weight excluding hydrogens is 147 g/mol. The van der Waals surface area contributed by atoms with Gasteiger partial charge in [0.2, 0.25) is 0 Å². The predicted molar refractivity (Wildman–Crippen MR) is 41.3 cm³/mol. The fourth-order valence-electron chi connectivity index (χ4n) is 0.668. The SMILES string of the molecule is Nc1cc(B(O)O)c[nH]c1=O. The van der Waals surface area contributed by atoms with Crippen molar-refractivity contribution in [2.45, 2.75) is 0 Å². The van der Waals surface area contributed by atoms with Crippen LogP contribution in [-0.4, -0.2) is 22.2 Å². The monoisotopic (exact) mass is 154 g/mol. The van der Waals surface area contributed by atoms with Crippen LogP contribution in [0.5, 0.6) is 0 Å². The smallest absolute Gasteiger partial charge is 0.423 e. The summed E-state index contributed by atoms with van der Waals surface area (Å²) in [6, 6.07) is 1.21. The topological polar surface area (TPSA) is 99.3 Å². The Hall–Kier alpha value is -1.27. The first kappa shape index (κ1) is 7.84. The Kier molecular flexibility index (Phi) is 1.97. The molecule has 0 saturated heterocycles. The molecule has 58 valence electrons. The van der Waals surface area contributed by atoms with Gasteiger partial charge in [-0.05, 0) is 6.07 Å². The molecule has 0 radical (unpaired) electrons. The largest absolute Gasteiger partial charge is 0.490 e. The third-order valence-electron chi connectivity index (χ3n) is 1.25. The van der Waals surface area contributed by atoms with E-state index in [1.807, 2.05) is 0 Å². The lowest BCUT2D eigenvalue weighted by Gasteiger charge is -1.98. The molecule has 1 aromatic heterocycles. The summed E-state index contributed by atoms with van der Waals surface area (Å²) < 4.78 is 0. The Morgan fingerprint density at radius 1 is 1.55 bits per heavy atom. The quantitative estimate of drug-likeness (QED) is 0.340. The van der Waals surface area contributed by atoms with Crippen molar-refractivity contribution in [3.05, 3.63) is 22.6 Å². The van der Waals surface area contributed by atoms with E-state index >= 15 is 0 Å². The molecule has 0 aliphatic rings. The minimum atomic E-state index is -1.60. The minimum absolute atomic E-state index is 0.0319. The number of nitrogens with two attached hydrogens (primary N) is 1. The Morgan fingerprint density at radius 3 is 2.64 bits per heavy atom. The summed E-state index contributed by atoms with van der Waals surface area (Å²) in [7, 11) is -1.60. The van der Waals surface area contributed by atoms with Crippen molar-refractivity contribution in [2.24, 2.45) is 0 Å². The number of aromatic nitrogens is 1. The van der Waals surface area contributed by atoms with Gasteiger partial charge in [-0.1, -0.05) is 0 Å². The van der Waals surface area contributed by atoms with Gasteiger partial charge in [0, 0.05) is 11.7 Å². The molecular formula is C5H7BN2O3. The highest BCUT2D eigenvalue weighted by Crippen LogP contribution is 1.85. The number of aromatic amines is 1. The Morgan fingerprint density at radius 2 is 2.18 bits per heavy atom. The van der Waals surface area contributed by atoms with Crippen LogP contribution < -0.4 is 16.8 Å². The maximum Gasteiger partial charge on any atom is 0.490 e. The van der Waals surface area contributed by atoms with E-state index in [0.29, 0.717) is 0 Å². The van der Waals surface area contributed by atoms with E-state index in [9.17, 15) is 4.79 Å². The van der Waals surface area contributed by atoms with Crippen LogP contribution in [0.25, 0.3) is 0 Å². The van der Waals surface area contributed by atoms with Crippen LogP contribution >= 0.6 is 0 Å². The lowest BCUT2D eigenvalue weighted by Crippen LogP contribution is -2.32. The maximum absolute atomic E-state index is 10.6. The molecule has 0 aliphatic carbocycles. The summed E-state index contributed by atoms with van der Waals surface area (Å²) in [4.78, 5) is 12.9. The standard InChI is InChI=1S/C5H7BN2O3/c7-4-1-3(6(10)11)2-8-5(4)9/h1-2,10-11H,7H2,(H,8,9). The third-order valence-corrected chi connectivity index (χ3v) is 1.25. The lowest BCUT2D eigenvalue weighted by atomic mass is 9.81. The van der Waals surface area contributed by atoms with Crippen LogP contribution in [0, 0.1) is 0 Å². The molecule has 0 bridgehead atoms. The molecule has 0 atom stereocenters. The van der Waals surface area contributed by atoms with Crippen molar-refractivity contribution in [1.82, 2.24) is 4.98 Å². The van der Waals surface area contributed by atoms with Crippen molar-refractivity contribution in [3.8, 4) is 0 Å². The van der Waals surface area contributed by atoms with E-state index in [-0.39, 0.29) is 11.2 Å². The number of hydrogen-bond donors (Lipinski definition) is 4. The van der Waals surface area contributed by atoms with E-state index < -0.39 is 12.7 Å². The van der Waals surface area contributed by atoms with Gasteiger partial charge in [0.05, 0.1) is 5.69 Å². The van der Waals surface area contributed by atoms with Crippen LogP contribution in [0.4, 0.5) is 5.69 Å². The van der Waals surface area contributed by atoms with Gasteiger partial charge in [-0.2, -0.15) is 0 Å². The minimum Gasteiger partial charge on any atom is -0.423 e. The van der Waals surface area contributed by atoms with Crippen LogP contribution in [0.1, 0.15) is 0 Å². The number of nitrogens with one attached hydrogen (secondary N) is 1. The van der Waals surface area contributed by atoms with Gasteiger partial charge in [0.25, 0.3) is 5.56 Å². The number of H-pyrrole nitrogens is 1. The normalized spacial score (nSPS) is 9.64. The zero-order valence-electron chi connectivity index (χ0n) is 5.61. The summed E-state index contributed by atoms with van der Waals surface area (Å²) in [6.45, 7) is 0. The highest BCUT2D eigenvalue weighted by atomic mass is 16.4.